The second-order valence-electron chi connectivity index (χ2n) is 5.19. The number of thiazole rings is 1. The first-order valence-corrected chi connectivity index (χ1v) is 7.49. The van der Waals surface area contributed by atoms with Crippen molar-refractivity contribution in [2.45, 2.75) is 56.7 Å². The fourth-order valence-electron chi connectivity index (χ4n) is 2.68. The van der Waals surface area contributed by atoms with E-state index in [1.54, 1.807) is 11.3 Å². The summed E-state index contributed by atoms with van der Waals surface area (Å²) >= 11 is 1.78. The minimum Gasteiger partial charge on any atom is -0.378 e. The van der Waals surface area contributed by atoms with Crippen LogP contribution in [0.4, 0.5) is 0 Å². The lowest BCUT2D eigenvalue weighted by atomic mass is 9.86. The molecular formula is C13H20N2OS. The van der Waals surface area contributed by atoms with Crippen LogP contribution >= 0.6 is 11.3 Å². The first-order valence-electron chi connectivity index (χ1n) is 6.62. The molecule has 1 aliphatic heterocycles. The molecule has 2 heterocycles. The molecule has 1 saturated carbocycles. The number of hydrogen-bond donors (Lipinski definition) is 1. The maximum absolute atomic E-state index is 5.82. The summed E-state index contributed by atoms with van der Waals surface area (Å²) in [5.41, 5.74) is 0.0915. The van der Waals surface area contributed by atoms with Crippen molar-refractivity contribution in [3.63, 3.8) is 0 Å². The second-order valence-corrected chi connectivity index (χ2v) is 6.09. The normalized spacial score (nSPS) is 33.8. The fourth-order valence-corrected chi connectivity index (χ4v) is 3.52. The molecule has 2 unspecified atom stereocenters. The minimum atomic E-state index is 0.0915. The van der Waals surface area contributed by atoms with Crippen LogP contribution in [0, 0.1) is 0 Å². The van der Waals surface area contributed by atoms with Crippen LogP contribution in [-0.4, -0.2) is 23.7 Å². The van der Waals surface area contributed by atoms with Crippen LogP contribution in [-0.2, 0) is 10.3 Å². The highest BCUT2D eigenvalue weighted by Gasteiger charge is 2.43. The summed E-state index contributed by atoms with van der Waals surface area (Å²) in [5, 5.41) is 7.18. The third-order valence-electron chi connectivity index (χ3n) is 3.81. The Morgan fingerprint density at radius 2 is 2.47 bits per heavy atom. The smallest absolute Gasteiger partial charge is 0.113 e. The van der Waals surface area contributed by atoms with Crippen LogP contribution in [0.2, 0.25) is 0 Å². The van der Waals surface area contributed by atoms with Crippen LogP contribution in [0.15, 0.2) is 11.6 Å². The minimum absolute atomic E-state index is 0.0915. The molecule has 17 heavy (non-hydrogen) atoms. The Hall–Kier alpha value is -0.450. The van der Waals surface area contributed by atoms with Crippen molar-refractivity contribution in [3.05, 3.63) is 16.6 Å². The Labute approximate surface area is 107 Å². The largest absolute Gasteiger partial charge is 0.378 e. The van der Waals surface area contributed by atoms with Crippen LogP contribution in [0.1, 0.15) is 44.0 Å². The van der Waals surface area contributed by atoms with E-state index in [0.29, 0.717) is 6.10 Å². The van der Waals surface area contributed by atoms with Crippen molar-refractivity contribution < 1.29 is 4.74 Å². The van der Waals surface area contributed by atoms with Gasteiger partial charge in [0.2, 0.25) is 0 Å². The Morgan fingerprint density at radius 3 is 3.12 bits per heavy atom. The van der Waals surface area contributed by atoms with Gasteiger partial charge in [0, 0.05) is 24.2 Å². The molecule has 94 valence electrons. The van der Waals surface area contributed by atoms with Gasteiger partial charge in [-0.2, -0.15) is 0 Å². The molecule has 1 aliphatic carbocycles. The topological polar surface area (TPSA) is 34.2 Å². The quantitative estimate of drug-likeness (QED) is 0.894. The molecule has 0 amide bonds. The number of hydrogen-bond acceptors (Lipinski definition) is 4. The standard InChI is InChI=1S/C13H20N2OS/c1-2-11-9-13(5-7-16-11,15-10-3-4-10)12-14-6-8-17-12/h6,8,10-11,15H,2-5,7,9H2,1H3. The molecule has 2 atom stereocenters. The number of nitrogens with one attached hydrogen (secondary N) is 1. The van der Waals surface area contributed by atoms with E-state index in [0.717, 1.165) is 31.9 Å². The predicted octanol–water partition coefficient (Wildman–Crippen LogP) is 2.68. The lowest BCUT2D eigenvalue weighted by Gasteiger charge is -2.40. The molecule has 3 nitrogen and oxygen atoms in total. The summed E-state index contributed by atoms with van der Waals surface area (Å²) in [6, 6.07) is 0.717. The summed E-state index contributed by atoms with van der Waals surface area (Å²) in [7, 11) is 0. The summed E-state index contributed by atoms with van der Waals surface area (Å²) in [4.78, 5) is 4.56. The summed E-state index contributed by atoms with van der Waals surface area (Å²) in [6.07, 6.45) is 8.20. The molecule has 0 spiro atoms. The number of ether oxygens (including phenoxy) is 1. The zero-order chi connectivity index (χ0) is 11.7. The molecular weight excluding hydrogens is 232 g/mol. The van der Waals surface area contributed by atoms with Gasteiger partial charge in [-0.05, 0) is 32.1 Å². The molecule has 1 aromatic rings. The van der Waals surface area contributed by atoms with E-state index < -0.39 is 0 Å². The number of rotatable bonds is 4. The Morgan fingerprint density at radius 1 is 1.59 bits per heavy atom. The average Bonchev–Trinajstić information content (AvgIpc) is 2.99. The van der Waals surface area contributed by atoms with E-state index in [-0.39, 0.29) is 5.54 Å². The van der Waals surface area contributed by atoms with Gasteiger partial charge in [-0.15, -0.1) is 11.3 Å². The van der Waals surface area contributed by atoms with Gasteiger partial charge in [-0.1, -0.05) is 6.92 Å². The Balaban J connectivity index is 1.84. The van der Waals surface area contributed by atoms with Gasteiger partial charge in [0.25, 0.3) is 0 Å². The van der Waals surface area contributed by atoms with Crippen molar-refractivity contribution in [1.29, 1.82) is 0 Å². The fraction of sp³-hybridized carbons (Fsp3) is 0.769. The molecule has 2 fully saturated rings. The van der Waals surface area contributed by atoms with E-state index in [1.165, 1.54) is 17.8 Å². The maximum Gasteiger partial charge on any atom is 0.113 e. The molecule has 0 radical (unpaired) electrons. The molecule has 1 aromatic heterocycles. The van der Waals surface area contributed by atoms with Gasteiger partial charge in [-0.3, -0.25) is 0 Å². The van der Waals surface area contributed by atoms with E-state index in [4.69, 9.17) is 4.74 Å². The molecule has 0 bridgehead atoms. The highest BCUT2D eigenvalue weighted by atomic mass is 32.1. The molecule has 1 N–H and O–H groups in total. The summed E-state index contributed by atoms with van der Waals surface area (Å²) in [5.74, 6) is 0. The lowest BCUT2D eigenvalue weighted by Crippen LogP contribution is -2.50. The highest BCUT2D eigenvalue weighted by molar-refractivity contribution is 7.09. The van der Waals surface area contributed by atoms with Crippen molar-refractivity contribution in [2.75, 3.05) is 6.61 Å². The van der Waals surface area contributed by atoms with E-state index in [9.17, 15) is 0 Å². The Kier molecular flexibility index (Phi) is 3.19. The van der Waals surface area contributed by atoms with Crippen molar-refractivity contribution in [3.8, 4) is 0 Å². The molecule has 2 aliphatic rings. The van der Waals surface area contributed by atoms with Crippen molar-refractivity contribution in [2.24, 2.45) is 0 Å². The van der Waals surface area contributed by atoms with Crippen LogP contribution < -0.4 is 5.32 Å². The zero-order valence-corrected chi connectivity index (χ0v) is 11.1. The molecule has 3 rings (SSSR count). The first-order chi connectivity index (χ1) is 8.32. The third kappa shape index (κ3) is 2.39. The summed E-state index contributed by atoms with van der Waals surface area (Å²) < 4.78 is 5.82. The monoisotopic (exact) mass is 252 g/mol. The van der Waals surface area contributed by atoms with Gasteiger partial charge in [0.15, 0.2) is 0 Å². The highest BCUT2D eigenvalue weighted by Crippen LogP contribution is 2.39. The van der Waals surface area contributed by atoms with E-state index >= 15 is 0 Å². The molecule has 1 saturated heterocycles. The van der Waals surface area contributed by atoms with E-state index in [2.05, 4.69) is 22.6 Å². The van der Waals surface area contributed by atoms with Crippen LogP contribution in [0.25, 0.3) is 0 Å². The van der Waals surface area contributed by atoms with Gasteiger partial charge in [0.05, 0.1) is 11.6 Å². The third-order valence-corrected chi connectivity index (χ3v) is 4.79. The van der Waals surface area contributed by atoms with Crippen LogP contribution in [0.5, 0.6) is 0 Å². The van der Waals surface area contributed by atoms with Gasteiger partial charge >= 0.3 is 0 Å². The second kappa shape index (κ2) is 4.67. The van der Waals surface area contributed by atoms with Gasteiger partial charge in [-0.25, -0.2) is 4.98 Å². The van der Waals surface area contributed by atoms with Crippen molar-refractivity contribution in [1.82, 2.24) is 10.3 Å². The van der Waals surface area contributed by atoms with Crippen molar-refractivity contribution >= 4 is 11.3 Å². The van der Waals surface area contributed by atoms with Gasteiger partial charge < -0.3 is 10.1 Å². The predicted molar refractivity (Wildman–Crippen MR) is 69.2 cm³/mol. The molecule has 0 aromatic carbocycles. The number of aromatic nitrogens is 1. The lowest BCUT2D eigenvalue weighted by molar-refractivity contribution is -0.0329. The average molecular weight is 252 g/mol. The van der Waals surface area contributed by atoms with E-state index in [1.807, 2.05) is 6.20 Å². The first kappa shape index (κ1) is 11.6. The molecule has 4 heteroatoms. The van der Waals surface area contributed by atoms with Gasteiger partial charge in [0.1, 0.15) is 5.01 Å². The number of nitrogens with zero attached hydrogens (tertiary/aromatic N) is 1. The zero-order valence-electron chi connectivity index (χ0n) is 10.3. The summed E-state index contributed by atoms with van der Waals surface area (Å²) in [6.45, 7) is 3.07. The maximum atomic E-state index is 5.82. The Bertz CT molecular complexity index is 364. The SMILES string of the molecule is CCC1CC(NC2CC2)(c2nccs2)CCO1. The van der Waals surface area contributed by atoms with Crippen LogP contribution in [0.3, 0.4) is 0 Å².